The predicted octanol–water partition coefficient (Wildman–Crippen LogP) is 3.74. The number of piperidine rings is 1. The average Bonchev–Trinajstić information content (AvgIpc) is 2.70. The highest BCUT2D eigenvalue weighted by Gasteiger charge is 2.30. The normalized spacial score (nSPS) is 20.0. The van der Waals surface area contributed by atoms with E-state index in [2.05, 4.69) is 11.5 Å². The van der Waals surface area contributed by atoms with Crippen molar-refractivity contribution in [2.45, 2.75) is 18.9 Å². The van der Waals surface area contributed by atoms with Gasteiger partial charge in [0.05, 0.1) is 18.3 Å². The molecule has 1 amide bonds. The van der Waals surface area contributed by atoms with E-state index in [4.69, 9.17) is 9.47 Å². The minimum absolute atomic E-state index is 0.0759. The number of ether oxygens (including phenoxy) is 2. The summed E-state index contributed by atoms with van der Waals surface area (Å²) in [6.45, 7) is 5.71. The van der Waals surface area contributed by atoms with Gasteiger partial charge in [0, 0.05) is 49.1 Å². The van der Waals surface area contributed by atoms with Crippen LogP contribution in [0.15, 0.2) is 43.2 Å². The monoisotopic (exact) mass is 385 g/mol. The zero-order valence-corrected chi connectivity index (χ0v) is 15.7. The lowest BCUT2D eigenvalue weighted by Gasteiger charge is -2.39. The molecule has 8 heteroatoms. The Morgan fingerprint density at radius 1 is 1.32 bits per heavy atom. The first-order chi connectivity index (χ1) is 13.5. The summed E-state index contributed by atoms with van der Waals surface area (Å²) in [4.78, 5) is 26.9. The molecule has 1 fully saturated rings. The van der Waals surface area contributed by atoms with E-state index in [1.54, 1.807) is 23.1 Å². The Kier molecular flexibility index (Phi) is 5.98. The number of hydrogen-bond acceptors (Lipinski definition) is 6. The molecule has 0 aliphatic carbocycles. The Bertz CT molecular complexity index is 825. The highest BCUT2D eigenvalue weighted by atomic mass is 16.6. The van der Waals surface area contributed by atoms with Crippen LogP contribution in [0.4, 0.5) is 16.2 Å². The fourth-order valence-corrected chi connectivity index (χ4v) is 3.57. The third-order valence-electron chi connectivity index (χ3n) is 5.02. The number of amides is 1. The first-order valence-electron chi connectivity index (χ1n) is 9.08. The maximum atomic E-state index is 12.2. The number of nitro groups is 1. The van der Waals surface area contributed by atoms with Crippen LogP contribution in [-0.2, 0) is 4.74 Å². The Labute approximate surface area is 163 Å². The quantitative estimate of drug-likeness (QED) is 0.567. The molecule has 0 bridgehead atoms. The summed E-state index contributed by atoms with van der Waals surface area (Å²) in [6.07, 6.45) is 9.67. The van der Waals surface area contributed by atoms with E-state index in [9.17, 15) is 14.9 Å². The molecule has 1 aromatic carbocycles. The van der Waals surface area contributed by atoms with Crippen molar-refractivity contribution in [1.29, 1.82) is 0 Å². The number of carbonyl (C=O) groups excluding carboxylic acids is 1. The molecular weight excluding hydrogens is 362 g/mol. The number of methoxy groups -OCH3 is 1. The van der Waals surface area contributed by atoms with E-state index in [1.807, 2.05) is 12.2 Å². The van der Waals surface area contributed by atoms with Crippen molar-refractivity contribution in [2.24, 2.45) is 0 Å². The third-order valence-corrected chi connectivity index (χ3v) is 5.02. The summed E-state index contributed by atoms with van der Waals surface area (Å²) in [5, 5.41) is 11.3. The van der Waals surface area contributed by atoms with Crippen LogP contribution in [0.2, 0.25) is 0 Å². The van der Waals surface area contributed by atoms with Crippen LogP contribution in [0.5, 0.6) is 5.75 Å². The van der Waals surface area contributed by atoms with Crippen molar-refractivity contribution in [1.82, 2.24) is 4.90 Å². The fourth-order valence-electron chi connectivity index (χ4n) is 3.57. The molecule has 148 valence electrons. The molecule has 0 radical (unpaired) electrons. The largest absolute Gasteiger partial charge is 0.490 e. The lowest BCUT2D eigenvalue weighted by atomic mass is 10.0. The Balaban J connectivity index is 1.76. The molecule has 1 aromatic rings. The third kappa shape index (κ3) is 4.00. The average molecular weight is 385 g/mol. The number of rotatable bonds is 5. The standard InChI is InChI=1S/C20H23N3O5/c1-3-15-13-18(23(25)26)19(27-2)14-17(15)21-10-7-16(8-11-21)22-9-5-4-6-12-28-20(22)24/h3-6,12-14,16H,1,7-11H2,2H3/b5-4-,12-6-. The van der Waals surface area contributed by atoms with Gasteiger partial charge in [0.2, 0.25) is 0 Å². The highest BCUT2D eigenvalue weighted by Crippen LogP contribution is 2.37. The molecule has 8 nitrogen and oxygen atoms in total. The zero-order valence-electron chi connectivity index (χ0n) is 15.7. The van der Waals surface area contributed by atoms with Gasteiger partial charge in [-0.1, -0.05) is 24.8 Å². The van der Waals surface area contributed by atoms with Gasteiger partial charge >= 0.3 is 11.8 Å². The van der Waals surface area contributed by atoms with Crippen molar-refractivity contribution in [3.8, 4) is 5.75 Å². The summed E-state index contributed by atoms with van der Waals surface area (Å²) in [5.41, 5.74) is 1.44. The second-order valence-corrected chi connectivity index (χ2v) is 6.56. The molecular formula is C20H23N3O5. The van der Waals surface area contributed by atoms with E-state index < -0.39 is 4.92 Å². The zero-order chi connectivity index (χ0) is 20.1. The summed E-state index contributed by atoms with van der Waals surface area (Å²) in [7, 11) is 1.42. The van der Waals surface area contributed by atoms with Gasteiger partial charge in [0.15, 0.2) is 5.75 Å². The van der Waals surface area contributed by atoms with Crippen LogP contribution < -0.4 is 9.64 Å². The van der Waals surface area contributed by atoms with Gasteiger partial charge in [-0.15, -0.1) is 0 Å². The van der Waals surface area contributed by atoms with Crippen LogP contribution >= 0.6 is 0 Å². The fraction of sp³-hybridized carbons (Fsp3) is 0.350. The second-order valence-electron chi connectivity index (χ2n) is 6.56. The van der Waals surface area contributed by atoms with Gasteiger partial charge in [-0.05, 0) is 18.9 Å². The Morgan fingerprint density at radius 3 is 2.71 bits per heavy atom. The molecule has 0 N–H and O–H groups in total. The minimum Gasteiger partial charge on any atom is -0.490 e. The number of nitro benzene ring substituents is 1. The first-order valence-corrected chi connectivity index (χ1v) is 9.08. The van der Waals surface area contributed by atoms with E-state index in [1.165, 1.54) is 19.4 Å². The van der Waals surface area contributed by atoms with Crippen molar-refractivity contribution in [3.05, 3.63) is 58.9 Å². The molecule has 2 aliphatic heterocycles. The maximum absolute atomic E-state index is 12.2. The van der Waals surface area contributed by atoms with Gasteiger partial charge in [-0.25, -0.2) is 4.79 Å². The first kappa shape index (κ1) is 19.5. The number of allylic oxidation sites excluding steroid dienone is 2. The van der Waals surface area contributed by atoms with E-state index >= 15 is 0 Å². The summed E-state index contributed by atoms with van der Waals surface area (Å²) in [5.74, 6) is 0.219. The molecule has 0 unspecified atom stereocenters. The van der Waals surface area contributed by atoms with Crippen molar-refractivity contribution in [3.63, 3.8) is 0 Å². The Hall–Kier alpha value is -3.29. The lowest BCUT2D eigenvalue weighted by Crippen LogP contribution is -2.47. The maximum Gasteiger partial charge on any atom is 0.415 e. The minimum atomic E-state index is -0.461. The van der Waals surface area contributed by atoms with Crippen molar-refractivity contribution < 1.29 is 19.2 Å². The topological polar surface area (TPSA) is 85.2 Å². The van der Waals surface area contributed by atoms with Gasteiger partial charge in [0.1, 0.15) is 0 Å². The lowest BCUT2D eigenvalue weighted by molar-refractivity contribution is -0.385. The summed E-state index contributed by atoms with van der Waals surface area (Å²) >= 11 is 0. The van der Waals surface area contributed by atoms with Gasteiger partial charge in [0.25, 0.3) is 0 Å². The van der Waals surface area contributed by atoms with Crippen LogP contribution in [0.3, 0.4) is 0 Å². The molecule has 2 heterocycles. The number of carbonyl (C=O) groups is 1. The second kappa shape index (κ2) is 8.60. The van der Waals surface area contributed by atoms with Crippen LogP contribution in [0.25, 0.3) is 6.08 Å². The molecule has 28 heavy (non-hydrogen) atoms. The van der Waals surface area contributed by atoms with Gasteiger partial charge < -0.3 is 19.3 Å². The van der Waals surface area contributed by atoms with Crippen LogP contribution in [0, 0.1) is 10.1 Å². The van der Waals surface area contributed by atoms with Gasteiger partial charge in [-0.3, -0.25) is 10.1 Å². The number of benzene rings is 1. The van der Waals surface area contributed by atoms with E-state index in [0.717, 1.165) is 18.5 Å². The SMILES string of the molecule is C=Cc1cc([N+](=O)[O-])c(OC)cc1N1CCC(N2C/C=C\C=C/OC2=O)CC1. The summed E-state index contributed by atoms with van der Waals surface area (Å²) < 4.78 is 10.3. The number of hydrogen-bond donors (Lipinski definition) is 0. The number of anilines is 1. The van der Waals surface area contributed by atoms with Crippen molar-refractivity contribution in [2.75, 3.05) is 31.6 Å². The number of cyclic esters (lactones) is 1. The smallest absolute Gasteiger partial charge is 0.415 e. The van der Waals surface area contributed by atoms with Crippen molar-refractivity contribution >= 4 is 23.5 Å². The Morgan fingerprint density at radius 2 is 2.07 bits per heavy atom. The predicted molar refractivity (Wildman–Crippen MR) is 106 cm³/mol. The molecule has 1 saturated heterocycles. The molecule has 3 rings (SSSR count). The summed E-state index contributed by atoms with van der Waals surface area (Å²) in [6, 6.07) is 3.25. The molecule has 0 aromatic heterocycles. The van der Waals surface area contributed by atoms with Gasteiger partial charge in [-0.2, -0.15) is 0 Å². The number of nitrogens with zero attached hydrogens (tertiary/aromatic N) is 3. The van der Waals surface area contributed by atoms with Crippen LogP contribution in [-0.4, -0.2) is 48.7 Å². The van der Waals surface area contributed by atoms with E-state index in [-0.39, 0.29) is 23.6 Å². The van der Waals surface area contributed by atoms with Crippen LogP contribution in [0.1, 0.15) is 18.4 Å². The molecule has 0 spiro atoms. The van der Waals surface area contributed by atoms with E-state index in [0.29, 0.717) is 25.2 Å². The molecule has 2 aliphatic rings. The molecule has 0 saturated carbocycles. The molecule has 0 atom stereocenters. The highest BCUT2D eigenvalue weighted by molar-refractivity contribution is 5.74.